The monoisotopic (exact) mass is 247 g/mol. The highest BCUT2D eigenvalue weighted by molar-refractivity contribution is 5.62. The summed E-state index contributed by atoms with van der Waals surface area (Å²) >= 11 is 0. The van der Waals surface area contributed by atoms with Crippen LogP contribution in [0.4, 0.5) is 0 Å². The first-order valence-corrected chi connectivity index (χ1v) is 6.32. The lowest BCUT2D eigenvalue weighted by Crippen LogP contribution is -1.87. The summed E-state index contributed by atoms with van der Waals surface area (Å²) in [6, 6.07) is 20.8. The molecule has 0 atom stereocenters. The summed E-state index contributed by atoms with van der Waals surface area (Å²) in [5.41, 5.74) is 2.55. The predicted molar refractivity (Wildman–Crippen MR) is 82.4 cm³/mol. The Hall–Kier alpha value is -2.54. The third-order valence-electron chi connectivity index (χ3n) is 2.60. The highest BCUT2D eigenvalue weighted by atomic mass is 14.8. The summed E-state index contributed by atoms with van der Waals surface area (Å²) in [6.07, 6.45) is 11.6. The van der Waals surface area contributed by atoms with Crippen LogP contribution in [-0.4, -0.2) is 0 Å². The summed E-state index contributed by atoms with van der Waals surface area (Å²) in [5.74, 6) is 0. The van der Waals surface area contributed by atoms with Crippen molar-refractivity contribution in [2.24, 2.45) is 0 Å². The molecule has 2 aromatic carbocycles. The summed E-state index contributed by atoms with van der Waals surface area (Å²) in [4.78, 5) is 0. The van der Waals surface area contributed by atoms with Crippen LogP contribution in [0, 0.1) is 0 Å². The van der Waals surface area contributed by atoms with Crippen molar-refractivity contribution in [1.82, 2.24) is 5.32 Å². The van der Waals surface area contributed by atoms with E-state index in [1.165, 1.54) is 11.1 Å². The van der Waals surface area contributed by atoms with E-state index in [9.17, 15) is 0 Å². The van der Waals surface area contributed by atoms with Crippen molar-refractivity contribution in [3.8, 4) is 11.1 Å². The molecular weight excluding hydrogens is 230 g/mol. The Morgan fingerprint density at radius 1 is 0.474 bits per heavy atom. The van der Waals surface area contributed by atoms with Gasteiger partial charge >= 0.3 is 0 Å². The SMILES string of the molecule is C1=CC=CNC=C1.c1ccc(-c2ccccc2)cc1. The zero-order valence-electron chi connectivity index (χ0n) is 10.7. The van der Waals surface area contributed by atoms with E-state index in [0.29, 0.717) is 0 Å². The van der Waals surface area contributed by atoms with Crippen molar-refractivity contribution in [1.29, 1.82) is 0 Å². The summed E-state index contributed by atoms with van der Waals surface area (Å²) in [7, 11) is 0. The molecule has 1 heteroatoms. The summed E-state index contributed by atoms with van der Waals surface area (Å²) in [5, 5.41) is 2.92. The molecule has 0 aromatic heterocycles. The van der Waals surface area contributed by atoms with Crippen molar-refractivity contribution < 1.29 is 0 Å². The number of benzene rings is 2. The summed E-state index contributed by atoms with van der Waals surface area (Å²) < 4.78 is 0. The molecule has 1 nitrogen and oxygen atoms in total. The van der Waals surface area contributed by atoms with Crippen LogP contribution in [0.1, 0.15) is 0 Å². The van der Waals surface area contributed by atoms with Gasteiger partial charge in [-0.3, -0.25) is 0 Å². The Kier molecular flexibility index (Phi) is 5.24. The molecule has 0 fully saturated rings. The van der Waals surface area contributed by atoms with Gasteiger partial charge in [0.2, 0.25) is 0 Å². The molecule has 1 aliphatic heterocycles. The van der Waals surface area contributed by atoms with Gasteiger partial charge in [0.1, 0.15) is 0 Å². The molecule has 94 valence electrons. The number of nitrogens with one attached hydrogen (secondary N) is 1. The minimum absolute atomic E-state index is 1.28. The lowest BCUT2D eigenvalue weighted by Gasteiger charge is -1.98. The lowest BCUT2D eigenvalue weighted by atomic mass is 10.1. The van der Waals surface area contributed by atoms with E-state index in [-0.39, 0.29) is 0 Å². The van der Waals surface area contributed by atoms with E-state index in [0.717, 1.165) is 0 Å². The largest absolute Gasteiger partial charge is 0.368 e. The second-order valence-electron chi connectivity index (χ2n) is 4.00. The zero-order valence-corrected chi connectivity index (χ0v) is 10.7. The van der Waals surface area contributed by atoms with Gasteiger partial charge in [0.15, 0.2) is 0 Å². The molecule has 0 unspecified atom stereocenters. The Labute approximate surface area is 114 Å². The second-order valence-corrected chi connectivity index (χ2v) is 4.00. The molecule has 0 saturated carbocycles. The van der Waals surface area contributed by atoms with Gasteiger partial charge in [0, 0.05) is 12.4 Å². The van der Waals surface area contributed by atoms with Crippen molar-refractivity contribution in [3.63, 3.8) is 0 Å². The third kappa shape index (κ3) is 4.68. The second kappa shape index (κ2) is 7.72. The molecule has 0 saturated heterocycles. The molecule has 3 rings (SSSR count). The normalized spacial score (nSPS) is 12.0. The standard InChI is InChI=1S/C12H10.C6H7N/c1-3-7-11(8-4-1)12-9-5-2-6-10-12;1-2-4-6-7-5-3-1/h1-10H;1-7H. The van der Waals surface area contributed by atoms with Crippen LogP contribution in [0.5, 0.6) is 0 Å². The van der Waals surface area contributed by atoms with Gasteiger partial charge in [-0.1, -0.05) is 72.8 Å². The first kappa shape index (κ1) is 12.9. The fourth-order valence-corrected chi connectivity index (χ4v) is 1.67. The third-order valence-corrected chi connectivity index (χ3v) is 2.60. The molecule has 0 amide bonds. The maximum absolute atomic E-state index is 2.92. The molecule has 19 heavy (non-hydrogen) atoms. The van der Waals surface area contributed by atoms with Gasteiger partial charge in [0.05, 0.1) is 0 Å². The average Bonchev–Trinajstić information content (AvgIpc) is 2.82. The van der Waals surface area contributed by atoms with E-state index < -0.39 is 0 Å². The Balaban J connectivity index is 0.000000163. The van der Waals surface area contributed by atoms with Gasteiger partial charge in [-0.05, 0) is 23.3 Å². The Morgan fingerprint density at radius 2 is 0.895 bits per heavy atom. The number of hydrogen-bond acceptors (Lipinski definition) is 1. The average molecular weight is 247 g/mol. The molecule has 0 radical (unpaired) electrons. The summed E-state index contributed by atoms with van der Waals surface area (Å²) in [6.45, 7) is 0. The maximum Gasteiger partial charge on any atom is 0.000442 e. The topological polar surface area (TPSA) is 12.0 Å². The maximum atomic E-state index is 2.92. The van der Waals surface area contributed by atoms with Crippen LogP contribution < -0.4 is 5.32 Å². The van der Waals surface area contributed by atoms with Crippen LogP contribution in [0.15, 0.2) is 97.4 Å². The molecule has 1 N–H and O–H groups in total. The van der Waals surface area contributed by atoms with Crippen LogP contribution in [0.3, 0.4) is 0 Å². The smallest absolute Gasteiger partial charge is 0.000442 e. The number of rotatable bonds is 1. The van der Waals surface area contributed by atoms with Gasteiger partial charge < -0.3 is 5.32 Å². The first-order chi connectivity index (χ1) is 9.47. The van der Waals surface area contributed by atoms with E-state index in [4.69, 9.17) is 0 Å². The molecular formula is C18H17N. The molecule has 1 heterocycles. The lowest BCUT2D eigenvalue weighted by molar-refractivity contribution is 1.20. The highest BCUT2D eigenvalue weighted by Crippen LogP contribution is 2.17. The van der Waals surface area contributed by atoms with Crippen molar-refractivity contribution in [2.45, 2.75) is 0 Å². The molecule has 0 bridgehead atoms. The fourth-order valence-electron chi connectivity index (χ4n) is 1.67. The Morgan fingerprint density at radius 3 is 1.32 bits per heavy atom. The fraction of sp³-hybridized carbons (Fsp3) is 0. The molecule has 0 spiro atoms. The first-order valence-electron chi connectivity index (χ1n) is 6.32. The molecule has 1 aliphatic rings. The molecule has 0 aliphatic carbocycles. The van der Waals surface area contributed by atoms with E-state index in [1.807, 2.05) is 48.8 Å². The van der Waals surface area contributed by atoms with Gasteiger partial charge in [-0.15, -0.1) is 0 Å². The minimum Gasteiger partial charge on any atom is -0.368 e. The van der Waals surface area contributed by atoms with Crippen LogP contribution in [0.25, 0.3) is 11.1 Å². The van der Waals surface area contributed by atoms with Gasteiger partial charge in [-0.25, -0.2) is 0 Å². The van der Waals surface area contributed by atoms with E-state index >= 15 is 0 Å². The van der Waals surface area contributed by atoms with Crippen molar-refractivity contribution >= 4 is 0 Å². The minimum atomic E-state index is 1.28. The van der Waals surface area contributed by atoms with Crippen LogP contribution in [0.2, 0.25) is 0 Å². The van der Waals surface area contributed by atoms with E-state index in [1.54, 1.807) is 0 Å². The van der Waals surface area contributed by atoms with E-state index in [2.05, 4.69) is 53.8 Å². The quantitative estimate of drug-likeness (QED) is 0.780. The van der Waals surface area contributed by atoms with Crippen LogP contribution >= 0.6 is 0 Å². The van der Waals surface area contributed by atoms with Crippen molar-refractivity contribution in [3.05, 3.63) is 97.4 Å². The van der Waals surface area contributed by atoms with Crippen molar-refractivity contribution in [2.75, 3.05) is 0 Å². The zero-order chi connectivity index (χ0) is 13.2. The number of allylic oxidation sites excluding steroid dienone is 4. The highest BCUT2D eigenvalue weighted by Gasteiger charge is 1.91. The van der Waals surface area contributed by atoms with Gasteiger partial charge in [0.25, 0.3) is 0 Å². The predicted octanol–water partition coefficient (Wildman–Crippen LogP) is 4.53. The molecule has 2 aromatic rings. The Bertz CT molecular complexity index is 499. The number of hydrogen-bond donors (Lipinski definition) is 1. The van der Waals surface area contributed by atoms with Gasteiger partial charge in [-0.2, -0.15) is 0 Å². The van der Waals surface area contributed by atoms with Crippen LogP contribution in [-0.2, 0) is 0 Å².